The van der Waals surface area contributed by atoms with Crippen molar-refractivity contribution in [2.24, 2.45) is 0 Å². The van der Waals surface area contributed by atoms with Crippen LogP contribution in [0.15, 0.2) is 16.1 Å². The molecule has 1 rings (SSSR count). The molecule has 0 bridgehead atoms. The second-order valence-electron chi connectivity index (χ2n) is 2.91. The molecule has 1 aromatic rings. The molecular formula is C9H13ClN2O. The Balaban J connectivity index is 2.81. The number of hydrogen-bond donors (Lipinski definition) is 0. The first kappa shape index (κ1) is 10.1. The van der Waals surface area contributed by atoms with E-state index in [1.54, 1.807) is 0 Å². The molecule has 0 aliphatic carbocycles. The van der Waals surface area contributed by atoms with Crippen molar-refractivity contribution < 1.29 is 4.52 Å². The lowest BCUT2D eigenvalue weighted by atomic mass is 10.3. The Morgan fingerprint density at radius 1 is 1.54 bits per heavy atom. The lowest BCUT2D eigenvalue weighted by Crippen LogP contribution is -2.17. The first-order valence-electron chi connectivity index (χ1n) is 4.06. The van der Waals surface area contributed by atoms with Crippen molar-refractivity contribution >= 4 is 17.3 Å². The SMILES string of the molecule is Cc1noc(C)c1N(C)C/C=C/Cl. The van der Waals surface area contributed by atoms with Gasteiger partial charge in [0.2, 0.25) is 0 Å². The standard InChI is InChI=1S/C9H13ClN2O/c1-7-9(8(2)13-11-7)12(3)6-4-5-10/h4-5H,6H2,1-3H3/b5-4+. The molecule has 0 fully saturated rings. The summed E-state index contributed by atoms with van der Waals surface area (Å²) in [7, 11) is 1.98. The Bertz CT molecular complexity index is 287. The molecule has 4 heteroatoms. The average Bonchev–Trinajstić information content (AvgIpc) is 2.42. The van der Waals surface area contributed by atoms with Crippen LogP contribution in [0.1, 0.15) is 11.5 Å². The van der Waals surface area contributed by atoms with Gasteiger partial charge < -0.3 is 9.42 Å². The molecule has 0 aliphatic rings. The fraction of sp³-hybridized carbons (Fsp3) is 0.444. The zero-order chi connectivity index (χ0) is 9.84. The normalized spacial score (nSPS) is 11.1. The van der Waals surface area contributed by atoms with Gasteiger partial charge in [0, 0.05) is 19.1 Å². The van der Waals surface area contributed by atoms with Crippen LogP contribution in [0.25, 0.3) is 0 Å². The van der Waals surface area contributed by atoms with Crippen LogP contribution in [-0.4, -0.2) is 18.7 Å². The van der Waals surface area contributed by atoms with E-state index in [1.165, 1.54) is 5.54 Å². The molecule has 1 heterocycles. The van der Waals surface area contributed by atoms with Crippen molar-refractivity contribution in [3.8, 4) is 0 Å². The third-order valence-corrected chi connectivity index (χ3v) is 2.02. The molecule has 0 saturated carbocycles. The molecule has 3 nitrogen and oxygen atoms in total. The van der Waals surface area contributed by atoms with Gasteiger partial charge in [-0.25, -0.2) is 0 Å². The van der Waals surface area contributed by atoms with Crippen LogP contribution in [0.3, 0.4) is 0 Å². The predicted molar refractivity (Wildman–Crippen MR) is 54.2 cm³/mol. The van der Waals surface area contributed by atoms with Crippen molar-refractivity contribution in [1.82, 2.24) is 5.16 Å². The highest BCUT2D eigenvalue weighted by molar-refractivity contribution is 6.25. The van der Waals surface area contributed by atoms with E-state index in [1.807, 2.05) is 31.9 Å². The predicted octanol–water partition coefficient (Wildman–Crippen LogP) is 2.48. The topological polar surface area (TPSA) is 29.3 Å². The molecule has 0 radical (unpaired) electrons. The highest BCUT2D eigenvalue weighted by Gasteiger charge is 2.11. The van der Waals surface area contributed by atoms with Crippen LogP contribution in [0.5, 0.6) is 0 Å². The molecular weight excluding hydrogens is 188 g/mol. The number of halogens is 1. The van der Waals surface area contributed by atoms with Crippen molar-refractivity contribution in [2.75, 3.05) is 18.5 Å². The average molecular weight is 201 g/mol. The highest BCUT2D eigenvalue weighted by Crippen LogP contribution is 2.22. The third kappa shape index (κ3) is 2.25. The summed E-state index contributed by atoms with van der Waals surface area (Å²) in [5.41, 5.74) is 3.45. The number of aryl methyl sites for hydroxylation is 2. The van der Waals surface area contributed by atoms with Gasteiger partial charge >= 0.3 is 0 Å². The van der Waals surface area contributed by atoms with Crippen LogP contribution in [0.2, 0.25) is 0 Å². The van der Waals surface area contributed by atoms with Crippen molar-refractivity contribution in [1.29, 1.82) is 0 Å². The summed E-state index contributed by atoms with van der Waals surface area (Å²) in [6.45, 7) is 4.58. The first-order chi connectivity index (χ1) is 6.16. The van der Waals surface area contributed by atoms with Gasteiger partial charge in [0.05, 0.1) is 0 Å². The van der Waals surface area contributed by atoms with E-state index in [9.17, 15) is 0 Å². The highest BCUT2D eigenvalue weighted by atomic mass is 35.5. The van der Waals surface area contributed by atoms with E-state index in [-0.39, 0.29) is 0 Å². The number of nitrogens with zero attached hydrogens (tertiary/aromatic N) is 2. The van der Waals surface area contributed by atoms with Crippen LogP contribution in [-0.2, 0) is 0 Å². The van der Waals surface area contributed by atoms with E-state index in [0.29, 0.717) is 0 Å². The summed E-state index contributed by atoms with van der Waals surface area (Å²) in [5.74, 6) is 0.836. The first-order valence-corrected chi connectivity index (χ1v) is 4.49. The molecule has 0 aromatic carbocycles. The fourth-order valence-electron chi connectivity index (χ4n) is 1.31. The Labute approximate surface area is 83.0 Å². The van der Waals surface area contributed by atoms with Gasteiger partial charge in [-0.2, -0.15) is 0 Å². The second-order valence-corrected chi connectivity index (χ2v) is 3.17. The lowest BCUT2D eigenvalue weighted by Gasteiger charge is -2.15. The molecule has 0 spiro atoms. The van der Waals surface area contributed by atoms with Crippen LogP contribution in [0.4, 0.5) is 5.69 Å². The maximum atomic E-state index is 5.44. The summed E-state index contributed by atoms with van der Waals surface area (Å²) in [5, 5.41) is 3.87. The molecule has 0 atom stereocenters. The molecule has 0 aliphatic heterocycles. The monoisotopic (exact) mass is 200 g/mol. The molecule has 0 amide bonds. The Morgan fingerprint density at radius 3 is 2.69 bits per heavy atom. The summed E-state index contributed by atoms with van der Waals surface area (Å²) < 4.78 is 5.05. The fourth-order valence-corrected chi connectivity index (χ4v) is 1.39. The van der Waals surface area contributed by atoms with E-state index in [2.05, 4.69) is 5.16 Å². The summed E-state index contributed by atoms with van der Waals surface area (Å²) in [6.07, 6.45) is 1.87. The molecule has 0 saturated heterocycles. The van der Waals surface area contributed by atoms with Crippen molar-refractivity contribution in [3.63, 3.8) is 0 Å². The molecule has 13 heavy (non-hydrogen) atoms. The molecule has 1 aromatic heterocycles. The zero-order valence-corrected chi connectivity index (χ0v) is 8.80. The van der Waals surface area contributed by atoms with Gasteiger partial charge in [0.25, 0.3) is 0 Å². The van der Waals surface area contributed by atoms with Crippen molar-refractivity contribution in [3.05, 3.63) is 23.1 Å². The largest absolute Gasteiger partial charge is 0.366 e. The van der Waals surface area contributed by atoms with Gasteiger partial charge in [-0.15, -0.1) is 0 Å². The van der Waals surface area contributed by atoms with Crippen LogP contribution in [0, 0.1) is 13.8 Å². The summed E-state index contributed by atoms with van der Waals surface area (Å²) >= 11 is 5.44. The number of likely N-dealkylation sites (N-methyl/N-ethyl adjacent to an activating group) is 1. The molecule has 0 N–H and O–H groups in total. The Hall–Kier alpha value is -0.960. The van der Waals surface area contributed by atoms with E-state index in [0.717, 1.165) is 23.7 Å². The maximum absolute atomic E-state index is 5.44. The van der Waals surface area contributed by atoms with Crippen LogP contribution < -0.4 is 4.90 Å². The smallest absolute Gasteiger partial charge is 0.157 e. The molecule has 0 unspecified atom stereocenters. The minimum absolute atomic E-state index is 0.756. The molecule has 72 valence electrons. The Kier molecular flexibility index (Phi) is 3.37. The minimum atomic E-state index is 0.756. The van der Waals surface area contributed by atoms with E-state index in [4.69, 9.17) is 16.1 Å². The van der Waals surface area contributed by atoms with Gasteiger partial charge in [0.1, 0.15) is 11.4 Å². The lowest BCUT2D eigenvalue weighted by molar-refractivity contribution is 0.393. The van der Waals surface area contributed by atoms with Crippen molar-refractivity contribution in [2.45, 2.75) is 13.8 Å². The second kappa shape index (κ2) is 4.33. The Morgan fingerprint density at radius 2 is 2.23 bits per heavy atom. The van der Waals surface area contributed by atoms with Gasteiger partial charge in [-0.3, -0.25) is 0 Å². The summed E-state index contributed by atoms with van der Waals surface area (Å²) in [6, 6.07) is 0. The number of rotatable bonds is 3. The number of anilines is 1. The van der Waals surface area contributed by atoms with Gasteiger partial charge in [0.15, 0.2) is 5.76 Å². The zero-order valence-electron chi connectivity index (χ0n) is 8.04. The van der Waals surface area contributed by atoms with Gasteiger partial charge in [-0.1, -0.05) is 22.8 Å². The van der Waals surface area contributed by atoms with Gasteiger partial charge in [-0.05, 0) is 13.8 Å². The summed E-state index contributed by atoms with van der Waals surface area (Å²) in [4.78, 5) is 2.04. The number of aromatic nitrogens is 1. The van der Waals surface area contributed by atoms with E-state index < -0.39 is 0 Å². The van der Waals surface area contributed by atoms with E-state index >= 15 is 0 Å². The van der Waals surface area contributed by atoms with Crippen LogP contribution >= 0.6 is 11.6 Å². The number of hydrogen-bond acceptors (Lipinski definition) is 3. The maximum Gasteiger partial charge on any atom is 0.157 e. The minimum Gasteiger partial charge on any atom is -0.366 e. The third-order valence-electron chi connectivity index (χ3n) is 1.85. The quantitative estimate of drug-likeness (QED) is 0.751.